The van der Waals surface area contributed by atoms with Crippen molar-refractivity contribution in [2.24, 2.45) is 0 Å². The SMILES string of the molecule is CC(=O)N1CC(O)=C(O)C1=O. The standard InChI is InChI=1S/C6H7NO4/c1-3(8)7-2-4(9)5(10)6(7)11/h9-10H,2H2,1H3. The number of carbonyl (C=O) groups excluding carboxylic acids is 2. The molecule has 0 spiro atoms. The molecule has 0 aliphatic carbocycles. The maximum absolute atomic E-state index is 10.8. The van der Waals surface area contributed by atoms with Crippen molar-refractivity contribution in [2.45, 2.75) is 6.92 Å². The molecule has 1 aliphatic heterocycles. The van der Waals surface area contributed by atoms with Gasteiger partial charge in [-0.1, -0.05) is 0 Å². The highest BCUT2D eigenvalue weighted by Gasteiger charge is 2.32. The largest absolute Gasteiger partial charge is 0.507 e. The van der Waals surface area contributed by atoms with E-state index in [4.69, 9.17) is 10.2 Å². The second-order valence-corrected chi connectivity index (χ2v) is 2.21. The van der Waals surface area contributed by atoms with E-state index in [-0.39, 0.29) is 6.54 Å². The Balaban J connectivity index is 2.87. The van der Waals surface area contributed by atoms with E-state index in [0.717, 1.165) is 4.90 Å². The van der Waals surface area contributed by atoms with Crippen LogP contribution in [0.25, 0.3) is 0 Å². The van der Waals surface area contributed by atoms with Crippen molar-refractivity contribution in [3.05, 3.63) is 11.5 Å². The first-order chi connectivity index (χ1) is 5.04. The fourth-order valence-corrected chi connectivity index (χ4v) is 0.802. The molecule has 0 fully saturated rings. The minimum Gasteiger partial charge on any atom is -0.507 e. The molecule has 1 rings (SSSR count). The molecule has 0 unspecified atom stereocenters. The molecule has 1 aliphatic rings. The predicted octanol–water partition coefficient (Wildman–Crippen LogP) is -0.297. The van der Waals surface area contributed by atoms with Crippen molar-refractivity contribution >= 4 is 11.8 Å². The van der Waals surface area contributed by atoms with Crippen LogP contribution in [-0.2, 0) is 9.59 Å². The van der Waals surface area contributed by atoms with Gasteiger partial charge >= 0.3 is 0 Å². The summed E-state index contributed by atoms with van der Waals surface area (Å²) in [6.45, 7) is 0.962. The average Bonchev–Trinajstić information content (AvgIpc) is 2.17. The topological polar surface area (TPSA) is 77.8 Å². The molecular weight excluding hydrogens is 150 g/mol. The van der Waals surface area contributed by atoms with Gasteiger partial charge in [-0.15, -0.1) is 0 Å². The van der Waals surface area contributed by atoms with Crippen molar-refractivity contribution in [3.8, 4) is 0 Å². The molecule has 0 aromatic heterocycles. The van der Waals surface area contributed by atoms with E-state index in [0.29, 0.717) is 0 Å². The number of aliphatic hydroxyl groups is 2. The lowest BCUT2D eigenvalue weighted by Gasteiger charge is -2.08. The Morgan fingerprint density at radius 3 is 2.27 bits per heavy atom. The van der Waals surface area contributed by atoms with Crippen molar-refractivity contribution in [1.82, 2.24) is 4.90 Å². The zero-order valence-electron chi connectivity index (χ0n) is 5.87. The molecule has 0 bridgehead atoms. The van der Waals surface area contributed by atoms with Gasteiger partial charge in [0.05, 0.1) is 6.54 Å². The molecule has 1 heterocycles. The van der Waals surface area contributed by atoms with E-state index >= 15 is 0 Å². The number of hydrogen-bond donors (Lipinski definition) is 2. The van der Waals surface area contributed by atoms with E-state index in [1.54, 1.807) is 0 Å². The van der Waals surface area contributed by atoms with E-state index in [2.05, 4.69) is 0 Å². The Morgan fingerprint density at radius 2 is 2.09 bits per heavy atom. The maximum atomic E-state index is 10.8. The molecular formula is C6H7NO4. The molecule has 0 atom stereocenters. The summed E-state index contributed by atoms with van der Waals surface area (Å²) in [4.78, 5) is 22.2. The van der Waals surface area contributed by atoms with Gasteiger partial charge in [0.2, 0.25) is 11.7 Å². The molecule has 0 aromatic rings. The Bertz CT molecular complexity index is 255. The predicted molar refractivity (Wildman–Crippen MR) is 34.7 cm³/mol. The van der Waals surface area contributed by atoms with Crippen LogP contribution >= 0.6 is 0 Å². The highest BCUT2D eigenvalue weighted by atomic mass is 16.3. The number of hydrogen-bond acceptors (Lipinski definition) is 4. The third kappa shape index (κ3) is 1.04. The maximum Gasteiger partial charge on any atom is 0.299 e. The molecule has 0 saturated heterocycles. The lowest BCUT2D eigenvalue weighted by molar-refractivity contribution is -0.140. The van der Waals surface area contributed by atoms with Crippen LogP contribution in [0.15, 0.2) is 11.5 Å². The van der Waals surface area contributed by atoms with Gasteiger partial charge < -0.3 is 10.2 Å². The number of imide groups is 1. The number of nitrogens with zero attached hydrogens (tertiary/aromatic N) is 1. The van der Waals surface area contributed by atoms with Crippen molar-refractivity contribution in [3.63, 3.8) is 0 Å². The highest BCUT2D eigenvalue weighted by Crippen LogP contribution is 2.13. The quantitative estimate of drug-likeness (QED) is 0.506. The molecule has 2 amide bonds. The minimum atomic E-state index is -0.838. The Hall–Kier alpha value is -1.52. The summed E-state index contributed by atoms with van der Waals surface area (Å²) in [6.07, 6.45) is 0. The lowest BCUT2D eigenvalue weighted by Crippen LogP contribution is -2.31. The number of amides is 2. The molecule has 11 heavy (non-hydrogen) atoms. The molecule has 60 valence electrons. The van der Waals surface area contributed by atoms with Crippen LogP contribution in [0.3, 0.4) is 0 Å². The summed E-state index contributed by atoms with van der Waals surface area (Å²) < 4.78 is 0. The molecule has 0 saturated carbocycles. The second-order valence-electron chi connectivity index (χ2n) is 2.21. The first kappa shape index (κ1) is 7.59. The number of rotatable bonds is 0. The van der Waals surface area contributed by atoms with Gasteiger partial charge in [0.25, 0.3) is 5.91 Å². The Labute approximate surface area is 62.5 Å². The molecule has 5 heteroatoms. The summed E-state index contributed by atoms with van der Waals surface area (Å²) in [6, 6.07) is 0. The summed E-state index contributed by atoms with van der Waals surface area (Å²) in [5.41, 5.74) is 0. The van der Waals surface area contributed by atoms with E-state index in [9.17, 15) is 9.59 Å². The van der Waals surface area contributed by atoms with E-state index in [1.807, 2.05) is 0 Å². The van der Waals surface area contributed by atoms with Crippen LogP contribution in [-0.4, -0.2) is 33.5 Å². The van der Waals surface area contributed by atoms with Crippen molar-refractivity contribution in [2.75, 3.05) is 6.54 Å². The third-order valence-corrected chi connectivity index (χ3v) is 1.41. The molecule has 0 aromatic carbocycles. The monoisotopic (exact) mass is 157 g/mol. The van der Waals surface area contributed by atoms with Crippen LogP contribution < -0.4 is 0 Å². The summed E-state index contributed by atoms with van der Waals surface area (Å²) in [7, 11) is 0. The normalized spacial score (nSPS) is 17.9. The lowest BCUT2D eigenvalue weighted by atomic mass is 10.5. The Kier molecular flexibility index (Phi) is 1.56. The first-order valence-corrected chi connectivity index (χ1v) is 2.97. The first-order valence-electron chi connectivity index (χ1n) is 2.97. The van der Waals surface area contributed by atoms with Crippen LogP contribution in [0.5, 0.6) is 0 Å². The number of carbonyl (C=O) groups is 2. The van der Waals surface area contributed by atoms with Gasteiger partial charge in [-0.05, 0) is 0 Å². The van der Waals surface area contributed by atoms with Crippen molar-refractivity contribution in [1.29, 1.82) is 0 Å². The van der Waals surface area contributed by atoms with Crippen LogP contribution in [0.2, 0.25) is 0 Å². The van der Waals surface area contributed by atoms with Gasteiger partial charge in [0.1, 0.15) is 0 Å². The van der Waals surface area contributed by atoms with E-state index in [1.165, 1.54) is 6.92 Å². The smallest absolute Gasteiger partial charge is 0.299 e. The van der Waals surface area contributed by atoms with Gasteiger partial charge in [-0.2, -0.15) is 0 Å². The Morgan fingerprint density at radius 1 is 1.55 bits per heavy atom. The highest BCUT2D eigenvalue weighted by molar-refractivity contribution is 6.04. The zero-order chi connectivity index (χ0) is 8.59. The van der Waals surface area contributed by atoms with Crippen LogP contribution in [0.1, 0.15) is 6.92 Å². The van der Waals surface area contributed by atoms with Crippen LogP contribution in [0, 0.1) is 0 Å². The van der Waals surface area contributed by atoms with Gasteiger partial charge in [-0.25, -0.2) is 0 Å². The molecule has 5 nitrogen and oxygen atoms in total. The van der Waals surface area contributed by atoms with Gasteiger partial charge in [0, 0.05) is 6.92 Å². The third-order valence-electron chi connectivity index (χ3n) is 1.41. The van der Waals surface area contributed by atoms with Gasteiger partial charge in [-0.3, -0.25) is 14.5 Å². The van der Waals surface area contributed by atoms with Gasteiger partial charge in [0.15, 0.2) is 5.76 Å². The fraction of sp³-hybridized carbons (Fsp3) is 0.333. The number of aliphatic hydroxyl groups excluding tert-OH is 2. The fourth-order valence-electron chi connectivity index (χ4n) is 0.802. The van der Waals surface area contributed by atoms with E-state index < -0.39 is 23.3 Å². The summed E-state index contributed by atoms with van der Waals surface area (Å²) >= 11 is 0. The minimum absolute atomic E-state index is 0.222. The van der Waals surface area contributed by atoms with Crippen molar-refractivity contribution < 1.29 is 19.8 Å². The second kappa shape index (κ2) is 2.26. The summed E-state index contributed by atoms with van der Waals surface area (Å²) in [5, 5.41) is 17.6. The molecule has 2 N–H and O–H groups in total. The summed E-state index contributed by atoms with van der Waals surface area (Å²) in [5.74, 6) is -2.52. The van der Waals surface area contributed by atoms with Crippen LogP contribution in [0.4, 0.5) is 0 Å². The average molecular weight is 157 g/mol. The molecule has 0 radical (unpaired) electrons. The zero-order valence-corrected chi connectivity index (χ0v) is 5.87.